The Balaban J connectivity index is 2.19. The number of nitrogens with one attached hydrogen (secondary N) is 2. The van der Waals surface area contributed by atoms with E-state index in [1.165, 1.54) is 6.07 Å². The van der Waals surface area contributed by atoms with Crippen LogP contribution in [0.1, 0.15) is 5.56 Å². The summed E-state index contributed by atoms with van der Waals surface area (Å²) < 4.78 is 20.6. The lowest BCUT2D eigenvalue weighted by atomic mass is 10.1. The zero-order valence-electron chi connectivity index (χ0n) is 12.6. The number of benzene rings is 1. The minimum atomic E-state index is -0.329. The topological polar surface area (TPSA) is 79.4 Å². The van der Waals surface area contributed by atoms with Crippen LogP contribution >= 0.6 is 11.5 Å². The molecule has 3 heterocycles. The third-order valence-corrected chi connectivity index (χ3v) is 4.68. The summed E-state index contributed by atoms with van der Waals surface area (Å²) in [6.07, 6.45) is 3.45. The van der Waals surface area contributed by atoms with Gasteiger partial charge in [-0.2, -0.15) is 0 Å². The monoisotopic (exact) mass is 341 g/mol. The highest BCUT2D eigenvalue weighted by atomic mass is 32.1. The lowest BCUT2D eigenvalue weighted by Crippen LogP contribution is -2.22. The van der Waals surface area contributed by atoms with E-state index >= 15 is 0 Å². The zero-order chi connectivity index (χ0) is 16.8. The van der Waals surface area contributed by atoms with Crippen LogP contribution in [0.4, 0.5) is 4.39 Å². The second kappa shape index (κ2) is 5.27. The third-order valence-electron chi connectivity index (χ3n) is 3.89. The highest BCUT2D eigenvalue weighted by Gasteiger charge is 2.10. The molecule has 0 aliphatic rings. The van der Waals surface area contributed by atoms with E-state index in [9.17, 15) is 9.18 Å². The number of rotatable bonds is 1. The maximum absolute atomic E-state index is 14.3. The minimum absolute atomic E-state index is 0.300. The molecule has 6 nitrogen and oxygen atoms in total. The van der Waals surface area contributed by atoms with Gasteiger partial charge in [-0.1, -0.05) is 17.1 Å². The molecule has 0 unspecified atom stereocenters. The van der Waals surface area contributed by atoms with Crippen LogP contribution in [0, 0.1) is 15.7 Å². The Morgan fingerprint density at radius 1 is 1.38 bits per heavy atom. The fourth-order valence-corrected chi connectivity index (χ4v) is 3.40. The highest BCUT2D eigenvalue weighted by Crippen LogP contribution is 2.23. The molecule has 0 aliphatic heterocycles. The van der Waals surface area contributed by atoms with Crippen LogP contribution < -0.4 is 16.1 Å². The fourth-order valence-electron chi connectivity index (χ4n) is 2.78. The number of halogens is 1. The van der Waals surface area contributed by atoms with Gasteiger partial charge in [0.05, 0.1) is 16.1 Å². The van der Waals surface area contributed by atoms with Crippen LogP contribution in [-0.4, -0.2) is 24.4 Å². The van der Waals surface area contributed by atoms with Gasteiger partial charge < -0.3 is 4.57 Å². The first kappa shape index (κ1) is 14.6. The Morgan fingerprint density at radius 3 is 2.96 bits per heavy atom. The van der Waals surface area contributed by atoms with E-state index < -0.39 is 0 Å². The predicted octanol–water partition coefficient (Wildman–Crippen LogP) is 0.711. The molecule has 0 bridgehead atoms. The molecule has 0 saturated heterocycles. The number of H-pyrrole nitrogens is 2. The first-order valence-electron chi connectivity index (χ1n) is 7.10. The van der Waals surface area contributed by atoms with Crippen LogP contribution in [0.5, 0.6) is 0 Å². The molecule has 120 valence electrons. The largest absolute Gasteiger partial charge is 0.350 e. The number of hydrogen-bond acceptors (Lipinski definition) is 4. The molecule has 0 spiro atoms. The van der Waals surface area contributed by atoms with E-state index in [0.29, 0.717) is 31.4 Å². The molecule has 2 N–H and O–H groups in total. The summed E-state index contributed by atoms with van der Waals surface area (Å²) >= 11 is 1.14. The molecule has 0 amide bonds. The average Bonchev–Trinajstić information content (AvgIpc) is 3.21. The van der Waals surface area contributed by atoms with Crippen molar-refractivity contribution in [3.63, 3.8) is 0 Å². The molecular weight excluding hydrogens is 329 g/mol. The third kappa shape index (κ3) is 2.11. The van der Waals surface area contributed by atoms with Gasteiger partial charge in [-0.3, -0.25) is 15.0 Å². The van der Waals surface area contributed by atoms with Gasteiger partial charge in [0.1, 0.15) is 15.7 Å². The fraction of sp³-hybridized carbons (Fsp3) is 0.0625. The van der Waals surface area contributed by atoms with E-state index in [0.717, 1.165) is 17.0 Å². The maximum atomic E-state index is 14.3. The number of aromatic amines is 2. The highest BCUT2D eigenvalue weighted by molar-refractivity contribution is 7.03. The van der Waals surface area contributed by atoms with Crippen molar-refractivity contribution in [2.75, 3.05) is 0 Å². The second-order valence-electron chi connectivity index (χ2n) is 5.39. The molecule has 0 radical (unpaired) electrons. The number of fused-ring (bicyclic) bond motifs is 1. The summed E-state index contributed by atoms with van der Waals surface area (Å²) in [7, 11) is 1.84. The Hall–Kier alpha value is -3.00. The molecule has 0 aliphatic carbocycles. The van der Waals surface area contributed by atoms with Gasteiger partial charge >= 0.3 is 0 Å². The summed E-state index contributed by atoms with van der Waals surface area (Å²) in [5.74, 6) is -0.329. The summed E-state index contributed by atoms with van der Waals surface area (Å²) in [6.45, 7) is 3.81. The molecule has 0 atom stereocenters. The van der Waals surface area contributed by atoms with Gasteiger partial charge in [-0.15, -0.1) is 5.10 Å². The molecule has 0 fully saturated rings. The van der Waals surface area contributed by atoms with E-state index in [1.807, 2.05) is 17.7 Å². The molecule has 0 saturated carbocycles. The summed E-state index contributed by atoms with van der Waals surface area (Å²) in [5.41, 5.74) is 1.08. The molecule has 3 aromatic heterocycles. The van der Waals surface area contributed by atoms with Crippen molar-refractivity contribution in [2.45, 2.75) is 0 Å². The Morgan fingerprint density at radius 2 is 2.21 bits per heavy atom. The summed E-state index contributed by atoms with van der Waals surface area (Å²) in [4.78, 5) is 12.2. The van der Waals surface area contributed by atoms with Gasteiger partial charge in [0, 0.05) is 24.2 Å². The van der Waals surface area contributed by atoms with E-state index in [4.69, 9.17) is 0 Å². The SMILES string of the molecule is C=c1nns/c1=c1\[nH][nH]c(=O)\c1=C/c1cn(C)c2cccc(F)c12. The summed E-state index contributed by atoms with van der Waals surface area (Å²) in [5, 5.41) is 11.1. The number of aryl methyl sites for hydroxylation is 1. The smallest absolute Gasteiger partial charge is 0.271 e. The van der Waals surface area contributed by atoms with Gasteiger partial charge in [0.15, 0.2) is 0 Å². The molecule has 4 rings (SSSR count). The first-order chi connectivity index (χ1) is 11.6. The minimum Gasteiger partial charge on any atom is -0.350 e. The van der Waals surface area contributed by atoms with Crippen LogP contribution in [0.3, 0.4) is 0 Å². The van der Waals surface area contributed by atoms with Crippen LogP contribution in [0.15, 0.2) is 29.2 Å². The second-order valence-corrected chi connectivity index (χ2v) is 6.14. The van der Waals surface area contributed by atoms with E-state index in [1.54, 1.807) is 18.3 Å². The van der Waals surface area contributed by atoms with Crippen LogP contribution in [0.2, 0.25) is 0 Å². The summed E-state index contributed by atoms with van der Waals surface area (Å²) in [6, 6.07) is 4.90. The molecule has 1 aromatic carbocycles. The predicted molar refractivity (Wildman–Crippen MR) is 90.2 cm³/mol. The van der Waals surface area contributed by atoms with E-state index in [2.05, 4.69) is 26.4 Å². The van der Waals surface area contributed by atoms with Gasteiger partial charge in [-0.05, 0) is 29.7 Å². The van der Waals surface area contributed by atoms with Crippen molar-refractivity contribution in [2.24, 2.45) is 7.05 Å². The Bertz CT molecular complexity index is 1330. The maximum Gasteiger partial charge on any atom is 0.271 e. The number of hydrogen-bond donors (Lipinski definition) is 2. The molecular formula is C16H12FN5OS. The van der Waals surface area contributed by atoms with Gasteiger partial charge in [-0.25, -0.2) is 4.39 Å². The Kier molecular flexibility index (Phi) is 3.20. The lowest BCUT2D eigenvalue weighted by molar-refractivity contribution is 0.639. The molecule has 4 aromatic rings. The standard InChI is InChI=1S/C16H12FN5OS/c1-8-15(24-21-18-8)14-10(16(23)20-19-14)6-9-7-22(2)12-5-3-4-11(17)13(9)12/h3-7,19H,1H2,2H3,(H,20,23)/b10-6-,15-14-. The van der Waals surface area contributed by atoms with Crippen LogP contribution in [-0.2, 0) is 7.05 Å². The van der Waals surface area contributed by atoms with Crippen molar-refractivity contribution in [1.82, 2.24) is 24.4 Å². The quantitative estimate of drug-likeness (QED) is 0.535. The van der Waals surface area contributed by atoms with Gasteiger partial charge in [0.2, 0.25) is 0 Å². The Labute approximate surface area is 138 Å². The van der Waals surface area contributed by atoms with Crippen molar-refractivity contribution >= 4 is 35.1 Å². The molecule has 8 heteroatoms. The molecule has 24 heavy (non-hydrogen) atoms. The van der Waals surface area contributed by atoms with Crippen molar-refractivity contribution < 1.29 is 4.39 Å². The van der Waals surface area contributed by atoms with Crippen molar-refractivity contribution in [1.29, 1.82) is 0 Å². The lowest BCUT2D eigenvalue weighted by Gasteiger charge is -1.95. The first-order valence-corrected chi connectivity index (χ1v) is 7.87. The van der Waals surface area contributed by atoms with Crippen molar-refractivity contribution in [3.8, 4) is 0 Å². The van der Waals surface area contributed by atoms with Crippen molar-refractivity contribution in [3.05, 3.63) is 66.6 Å². The normalized spacial score (nSPS) is 13.8. The zero-order valence-corrected chi connectivity index (χ0v) is 13.4. The van der Waals surface area contributed by atoms with Crippen LogP contribution in [0.25, 0.3) is 23.6 Å². The van der Waals surface area contributed by atoms with E-state index in [-0.39, 0.29) is 11.4 Å². The number of aromatic nitrogens is 5. The number of nitrogens with zero attached hydrogens (tertiary/aromatic N) is 3. The van der Waals surface area contributed by atoms with Gasteiger partial charge in [0.25, 0.3) is 5.56 Å². The average molecular weight is 341 g/mol.